The first-order valence-electron chi connectivity index (χ1n) is 6.02. The third-order valence-corrected chi connectivity index (χ3v) is 2.81. The molecular formula is C12H23N3. The lowest BCUT2D eigenvalue weighted by Gasteiger charge is -2.24. The maximum absolute atomic E-state index is 4.23. The number of aromatic nitrogens is 3. The van der Waals surface area contributed by atoms with E-state index in [1.54, 1.807) is 0 Å². The van der Waals surface area contributed by atoms with Gasteiger partial charge >= 0.3 is 0 Å². The van der Waals surface area contributed by atoms with Crippen LogP contribution in [0.25, 0.3) is 0 Å². The number of rotatable bonds is 6. The van der Waals surface area contributed by atoms with Crippen LogP contribution in [0.3, 0.4) is 0 Å². The highest BCUT2D eigenvalue weighted by Gasteiger charge is 2.20. The summed E-state index contributed by atoms with van der Waals surface area (Å²) in [4.78, 5) is 0. The first-order chi connectivity index (χ1) is 7.10. The standard InChI is InChI=1S/C12H23N3/c1-5-7-9-12(3,4)15-10-11(8-6-2)13-14-15/h10H,5-9H2,1-4H3. The van der Waals surface area contributed by atoms with Crippen molar-refractivity contribution in [3.8, 4) is 0 Å². The Hall–Kier alpha value is -0.860. The first-order valence-corrected chi connectivity index (χ1v) is 6.02. The Balaban J connectivity index is 2.67. The SMILES string of the molecule is CCCCC(C)(C)n1cc(CCC)nn1. The molecule has 0 saturated heterocycles. The summed E-state index contributed by atoms with van der Waals surface area (Å²) in [7, 11) is 0. The van der Waals surface area contributed by atoms with Crippen molar-refractivity contribution < 1.29 is 0 Å². The Bertz CT molecular complexity index is 289. The minimum atomic E-state index is 0.106. The zero-order valence-electron chi connectivity index (χ0n) is 10.5. The van der Waals surface area contributed by atoms with Gasteiger partial charge in [-0.1, -0.05) is 38.3 Å². The van der Waals surface area contributed by atoms with Crippen LogP contribution in [0.1, 0.15) is 59.1 Å². The van der Waals surface area contributed by atoms with Gasteiger partial charge in [-0.15, -0.1) is 5.10 Å². The predicted molar refractivity (Wildman–Crippen MR) is 62.9 cm³/mol. The van der Waals surface area contributed by atoms with Gasteiger partial charge in [0.1, 0.15) is 0 Å². The van der Waals surface area contributed by atoms with Crippen LogP contribution in [-0.4, -0.2) is 15.0 Å². The van der Waals surface area contributed by atoms with Crippen LogP contribution in [-0.2, 0) is 12.0 Å². The van der Waals surface area contributed by atoms with E-state index in [1.807, 2.05) is 4.68 Å². The van der Waals surface area contributed by atoms with Crippen molar-refractivity contribution >= 4 is 0 Å². The Morgan fingerprint density at radius 3 is 2.60 bits per heavy atom. The molecule has 0 N–H and O–H groups in total. The van der Waals surface area contributed by atoms with E-state index in [2.05, 4.69) is 44.2 Å². The number of hydrogen-bond donors (Lipinski definition) is 0. The van der Waals surface area contributed by atoms with E-state index >= 15 is 0 Å². The van der Waals surface area contributed by atoms with Crippen LogP contribution in [0.15, 0.2) is 6.20 Å². The molecule has 3 heteroatoms. The zero-order chi connectivity index (χ0) is 11.3. The van der Waals surface area contributed by atoms with Crippen molar-refractivity contribution in [3.05, 3.63) is 11.9 Å². The monoisotopic (exact) mass is 209 g/mol. The number of nitrogens with zero attached hydrogens (tertiary/aromatic N) is 3. The molecule has 0 fully saturated rings. The quantitative estimate of drug-likeness (QED) is 0.720. The van der Waals surface area contributed by atoms with Gasteiger partial charge in [0.25, 0.3) is 0 Å². The Kier molecular flexibility index (Phi) is 4.30. The topological polar surface area (TPSA) is 30.7 Å². The van der Waals surface area contributed by atoms with Gasteiger partial charge in [0.2, 0.25) is 0 Å². The minimum absolute atomic E-state index is 0.106. The van der Waals surface area contributed by atoms with Crippen molar-refractivity contribution in [3.63, 3.8) is 0 Å². The van der Waals surface area contributed by atoms with Gasteiger partial charge < -0.3 is 0 Å². The summed E-state index contributed by atoms with van der Waals surface area (Å²) in [5, 5.41) is 8.42. The lowest BCUT2D eigenvalue weighted by molar-refractivity contribution is 0.281. The van der Waals surface area contributed by atoms with Gasteiger partial charge in [-0.3, -0.25) is 0 Å². The molecule has 1 aromatic heterocycles. The van der Waals surface area contributed by atoms with Gasteiger partial charge in [-0.25, -0.2) is 4.68 Å². The molecule has 0 atom stereocenters. The molecule has 15 heavy (non-hydrogen) atoms. The van der Waals surface area contributed by atoms with Crippen molar-refractivity contribution in [2.45, 2.75) is 65.3 Å². The van der Waals surface area contributed by atoms with Gasteiger partial charge in [-0.05, 0) is 26.7 Å². The van der Waals surface area contributed by atoms with E-state index in [4.69, 9.17) is 0 Å². The second-order valence-electron chi connectivity index (χ2n) is 4.82. The van der Waals surface area contributed by atoms with Crippen LogP contribution >= 0.6 is 0 Å². The summed E-state index contributed by atoms with van der Waals surface area (Å²) >= 11 is 0. The molecule has 0 aliphatic rings. The van der Waals surface area contributed by atoms with E-state index in [-0.39, 0.29) is 5.54 Å². The molecule has 0 bridgehead atoms. The second-order valence-corrected chi connectivity index (χ2v) is 4.82. The normalized spacial score (nSPS) is 12.0. The fraction of sp³-hybridized carbons (Fsp3) is 0.833. The summed E-state index contributed by atoms with van der Waals surface area (Å²) in [6, 6.07) is 0. The highest BCUT2D eigenvalue weighted by atomic mass is 15.4. The van der Waals surface area contributed by atoms with Crippen LogP contribution in [0.5, 0.6) is 0 Å². The summed E-state index contributed by atoms with van der Waals surface area (Å²) in [5.41, 5.74) is 1.22. The summed E-state index contributed by atoms with van der Waals surface area (Å²) in [6.45, 7) is 8.85. The maximum atomic E-state index is 4.23. The third kappa shape index (κ3) is 3.33. The summed E-state index contributed by atoms with van der Waals surface area (Å²) in [5.74, 6) is 0. The number of unbranched alkanes of at least 4 members (excludes halogenated alkanes) is 1. The molecule has 0 aliphatic heterocycles. The number of hydrogen-bond acceptors (Lipinski definition) is 2. The van der Waals surface area contributed by atoms with Crippen molar-refractivity contribution in [2.24, 2.45) is 0 Å². The molecule has 1 aromatic rings. The van der Waals surface area contributed by atoms with Gasteiger partial charge in [0.15, 0.2) is 0 Å². The Morgan fingerprint density at radius 1 is 1.27 bits per heavy atom. The van der Waals surface area contributed by atoms with Crippen LogP contribution < -0.4 is 0 Å². The van der Waals surface area contributed by atoms with E-state index in [0.717, 1.165) is 18.5 Å². The molecule has 86 valence electrons. The van der Waals surface area contributed by atoms with Crippen molar-refractivity contribution in [1.82, 2.24) is 15.0 Å². The average molecular weight is 209 g/mol. The average Bonchev–Trinajstić information content (AvgIpc) is 2.65. The van der Waals surface area contributed by atoms with E-state index in [1.165, 1.54) is 19.3 Å². The molecule has 0 saturated carbocycles. The molecule has 1 rings (SSSR count). The van der Waals surface area contributed by atoms with Gasteiger partial charge in [0, 0.05) is 6.20 Å². The van der Waals surface area contributed by atoms with E-state index in [9.17, 15) is 0 Å². The van der Waals surface area contributed by atoms with Gasteiger partial charge in [0.05, 0.1) is 11.2 Å². The molecule has 1 heterocycles. The van der Waals surface area contributed by atoms with E-state index < -0.39 is 0 Å². The smallest absolute Gasteiger partial charge is 0.0827 e. The molecule has 0 aliphatic carbocycles. The fourth-order valence-corrected chi connectivity index (χ4v) is 1.69. The largest absolute Gasteiger partial charge is 0.247 e. The molecule has 0 radical (unpaired) electrons. The highest BCUT2D eigenvalue weighted by molar-refractivity contribution is 4.95. The van der Waals surface area contributed by atoms with Crippen LogP contribution in [0, 0.1) is 0 Å². The second kappa shape index (κ2) is 5.29. The predicted octanol–water partition coefficient (Wildman–Crippen LogP) is 3.16. The maximum Gasteiger partial charge on any atom is 0.0827 e. The fourth-order valence-electron chi connectivity index (χ4n) is 1.69. The van der Waals surface area contributed by atoms with E-state index in [0.29, 0.717) is 0 Å². The highest BCUT2D eigenvalue weighted by Crippen LogP contribution is 2.21. The minimum Gasteiger partial charge on any atom is -0.247 e. The van der Waals surface area contributed by atoms with Crippen LogP contribution in [0.2, 0.25) is 0 Å². The third-order valence-electron chi connectivity index (χ3n) is 2.81. The molecule has 0 amide bonds. The summed E-state index contributed by atoms with van der Waals surface area (Å²) < 4.78 is 2.02. The molecule has 0 spiro atoms. The molecule has 0 unspecified atom stereocenters. The first kappa shape index (κ1) is 12.2. The van der Waals surface area contributed by atoms with Crippen LogP contribution in [0.4, 0.5) is 0 Å². The molecule has 0 aromatic carbocycles. The van der Waals surface area contributed by atoms with Crippen molar-refractivity contribution in [1.29, 1.82) is 0 Å². The lowest BCUT2D eigenvalue weighted by Crippen LogP contribution is -2.26. The van der Waals surface area contributed by atoms with Gasteiger partial charge in [-0.2, -0.15) is 0 Å². The molecular weight excluding hydrogens is 186 g/mol. The summed E-state index contributed by atoms with van der Waals surface area (Å²) in [6.07, 6.45) is 7.91. The lowest BCUT2D eigenvalue weighted by atomic mass is 9.98. The Morgan fingerprint density at radius 2 is 2.00 bits per heavy atom. The molecule has 3 nitrogen and oxygen atoms in total. The van der Waals surface area contributed by atoms with Crippen molar-refractivity contribution in [2.75, 3.05) is 0 Å². The zero-order valence-corrected chi connectivity index (χ0v) is 10.5. The Labute approximate surface area is 92.9 Å². The number of aryl methyl sites for hydroxylation is 1.